The molecule has 0 atom stereocenters. The van der Waals surface area contributed by atoms with Crippen molar-refractivity contribution in [2.45, 2.75) is 72.1 Å². The van der Waals surface area contributed by atoms with E-state index in [0.29, 0.717) is 17.2 Å². The van der Waals surface area contributed by atoms with Gasteiger partial charge in [-0.05, 0) is 59.8 Å². The summed E-state index contributed by atoms with van der Waals surface area (Å²) in [4.78, 5) is 16.1. The molecule has 170 valence electrons. The highest BCUT2D eigenvalue weighted by Crippen LogP contribution is 2.54. The average molecular weight is 444 g/mol. The standard InChI is InChI=1S/C26H37NO3S/c1-16(2)15-27(18-10-11-19(24(28)30-9)20(14-18)29-8)23-17(3)21-22(31-23)26(6,7)13-12-25(21,4)5/h10-11,14,16H,12-13,15H2,1-9H3. The van der Waals surface area contributed by atoms with Crippen LogP contribution in [0, 0.1) is 12.8 Å². The number of carbonyl (C=O) groups is 1. The van der Waals surface area contributed by atoms with Crippen LogP contribution in [0.25, 0.3) is 0 Å². The van der Waals surface area contributed by atoms with Crippen LogP contribution in [-0.2, 0) is 15.6 Å². The zero-order chi connectivity index (χ0) is 23.1. The van der Waals surface area contributed by atoms with Gasteiger partial charge in [0.1, 0.15) is 11.3 Å². The van der Waals surface area contributed by atoms with E-state index < -0.39 is 0 Å². The molecule has 0 spiro atoms. The molecule has 2 aromatic rings. The Morgan fingerprint density at radius 1 is 1.13 bits per heavy atom. The van der Waals surface area contributed by atoms with Crippen LogP contribution in [-0.4, -0.2) is 26.7 Å². The van der Waals surface area contributed by atoms with E-state index >= 15 is 0 Å². The summed E-state index contributed by atoms with van der Waals surface area (Å²) in [7, 11) is 2.99. The van der Waals surface area contributed by atoms with Crippen molar-refractivity contribution < 1.29 is 14.3 Å². The fraction of sp³-hybridized carbons (Fsp3) is 0.577. The molecule has 1 aromatic heterocycles. The molecular formula is C26H37NO3S. The molecule has 1 heterocycles. The first-order chi connectivity index (χ1) is 14.4. The van der Waals surface area contributed by atoms with Gasteiger partial charge in [-0.3, -0.25) is 0 Å². The number of methoxy groups -OCH3 is 2. The second kappa shape index (κ2) is 8.50. The molecule has 0 amide bonds. The summed E-state index contributed by atoms with van der Waals surface area (Å²) in [5.74, 6) is 0.633. The molecule has 3 rings (SSSR count). The molecule has 1 aromatic carbocycles. The van der Waals surface area contributed by atoms with Crippen molar-refractivity contribution >= 4 is 28.0 Å². The lowest BCUT2D eigenvalue weighted by Crippen LogP contribution is -2.32. The molecule has 1 aliphatic rings. The fourth-order valence-corrected chi connectivity index (χ4v) is 6.36. The second-order valence-electron chi connectivity index (χ2n) is 10.4. The number of ether oxygens (including phenoxy) is 2. The lowest BCUT2D eigenvalue weighted by Gasteiger charge is -2.39. The molecule has 0 fully saturated rings. The van der Waals surface area contributed by atoms with E-state index in [0.717, 1.165) is 12.2 Å². The van der Waals surface area contributed by atoms with Crippen LogP contribution in [0.15, 0.2) is 18.2 Å². The van der Waals surface area contributed by atoms with Gasteiger partial charge in [0.15, 0.2) is 0 Å². The number of anilines is 2. The number of fused-ring (bicyclic) bond motifs is 1. The van der Waals surface area contributed by atoms with Crippen LogP contribution in [0.5, 0.6) is 5.75 Å². The lowest BCUT2D eigenvalue weighted by atomic mass is 9.66. The van der Waals surface area contributed by atoms with E-state index in [1.807, 2.05) is 29.5 Å². The van der Waals surface area contributed by atoms with Crippen LogP contribution in [0.4, 0.5) is 10.7 Å². The van der Waals surface area contributed by atoms with Gasteiger partial charge in [-0.1, -0.05) is 41.5 Å². The Labute approximate surface area is 191 Å². The highest BCUT2D eigenvalue weighted by atomic mass is 32.1. The third-order valence-electron chi connectivity index (χ3n) is 6.48. The molecule has 1 aliphatic carbocycles. The minimum atomic E-state index is -0.384. The molecule has 0 unspecified atom stereocenters. The van der Waals surface area contributed by atoms with Gasteiger partial charge in [0.2, 0.25) is 0 Å². The Kier molecular flexibility index (Phi) is 6.48. The fourth-order valence-electron chi connectivity index (χ4n) is 4.71. The maximum atomic E-state index is 12.1. The summed E-state index contributed by atoms with van der Waals surface area (Å²) in [6, 6.07) is 5.78. The van der Waals surface area contributed by atoms with Gasteiger partial charge in [-0.25, -0.2) is 4.79 Å². The van der Waals surface area contributed by atoms with Crippen molar-refractivity contribution in [3.8, 4) is 5.75 Å². The van der Waals surface area contributed by atoms with Crippen molar-refractivity contribution in [2.24, 2.45) is 5.92 Å². The van der Waals surface area contributed by atoms with E-state index in [1.54, 1.807) is 7.11 Å². The number of thiophene rings is 1. The minimum Gasteiger partial charge on any atom is -0.496 e. The Hall–Kier alpha value is -2.01. The summed E-state index contributed by atoms with van der Waals surface area (Å²) < 4.78 is 10.5. The van der Waals surface area contributed by atoms with Crippen molar-refractivity contribution in [1.82, 2.24) is 0 Å². The van der Waals surface area contributed by atoms with Crippen LogP contribution in [0.1, 0.15) is 80.7 Å². The summed E-state index contributed by atoms with van der Waals surface area (Å²) >= 11 is 1.94. The van der Waals surface area contributed by atoms with Crippen LogP contribution >= 0.6 is 11.3 Å². The topological polar surface area (TPSA) is 38.8 Å². The highest BCUT2D eigenvalue weighted by Gasteiger charge is 2.41. The molecule has 0 radical (unpaired) electrons. The first kappa shape index (κ1) is 23.6. The average Bonchev–Trinajstić information content (AvgIpc) is 3.08. The molecule has 0 N–H and O–H groups in total. The number of benzene rings is 1. The van der Waals surface area contributed by atoms with Crippen LogP contribution < -0.4 is 9.64 Å². The van der Waals surface area contributed by atoms with E-state index in [9.17, 15) is 4.79 Å². The number of hydrogen-bond donors (Lipinski definition) is 0. The molecule has 0 saturated carbocycles. The molecule has 0 bridgehead atoms. The Morgan fingerprint density at radius 3 is 2.32 bits per heavy atom. The minimum absolute atomic E-state index is 0.180. The number of esters is 1. The van der Waals surface area contributed by atoms with Crippen LogP contribution in [0.2, 0.25) is 0 Å². The van der Waals surface area contributed by atoms with E-state index in [4.69, 9.17) is 9.47 Å². The number of carbonyl (C=O) groups excluding carboxylic acids is 1. The summed E-state index contributed by atoms with van der Waals surface area (Å²) in [5.41, 5.74) is 4.76. The van der Waals surface area contributed by atoms with Gasteiger partial charge < -0.3 is 14.4 Å². The van der Waals surface area contributed by atoms with Gasteiger partial charge in [0, 0.05) is 23.2 Å². The molecule has 4 nitrogen and oxygen atoms in total. The third-order valence-corrected chi connectivity index (χ3v) is 8.16. The molecule has 5 heteroatoms. The quantitative estimate of drug-likeness (QED) is 0.451. The smallest absolute Gasteiger partial charge is 0.341 e. The van der Waals surface area contributed by atoms with Gasteiger partial charge in [-0.2, -0.15) is 0 Å². The van der Waals surface area contributed by atoms with E-state index in [-0.39, 0.29) is 16.8 Å². The van der Waals surface area contributed by atoms with Gasteiger partial charge in [0.05, 0.1) is 19.2 Å². The number of rotatable bonds is 6. The highest BCUT2D eigenvalue weighted by molar-refractivity contribution is 7.16. The summed E-state index contributed by atoms with van der Waals surface area (Å²) in [6.07, 6.45) is 2.41. The van der Waals surface area contributed by atoms with Gasteiger partial charge in [-0.15, -0.1) is 11.3 Å². The molecule has 0 saturated heterocycles. The first-order valence-electron chi connectivity index (χ1n) is 11.1. The van der Waals surface area contributed by atoms with Gasteiger partial charge >= 0.3 is 5.97 Å². The normalized spacial score (nSPS) is 16.7. The van der Waals surface area contributed by atoms with E-state index in [1.165, 1.54) is 41.0 Å². The molecule has 31 heavy (non-hydrogen) atoms. The Bertz CT molecular complexity index is 971. The maximum absolute atomic E-state index is 12.1. The van der Waals surface area contributed by atoms with Crippen molar-refractivity contribution in [3.63, 3.8) is 0 Å². The SMILES string of the molecule is COC(=O)c1ccc(N(CC(C)C)c2sc3c(c2C)C(C)(C)CCC3(C)C)cc1OC. The summed E-state index contributed by atoms with van der Waals surface area (Å²) in [6.45, 7) is 17.2. The monoisotopic (exact) mass is 443 g/mol. The first-order valence-corrected chi connectivity index (χ1v) is 11.9. The summed E-state index contributed by atoms with van der Waals surface area (Å²) in [5, 5.41) is 1.30. The predicted octanol–water partition coefficient (Wildman–Crippen LogP) is 6.99. The van der Waals surface area contributed by atoms with Gasteiger partial charge in [0.25, 0.3) is 0 Å². The Balaban J connectivity index is 2.18. The van der Waals surface area contributed by atoms with E-state index in [2.05, 4.69) is 53.4 Å². The zero-order valence-electron chi connectivity index (χ0n) is 20.5. The maximum Gasteiger partial charge on any atom is 0.341 e. The third kappa shape index (κ3) is 4.34. The largest absolute Gasteiger partial charge is 0.496 e. The second-order valence-corrected chi connectivity index (χ2v) is 11.4. The lowest BCUT2D eigenvalue weighted by molar-refractivity contribution is 0.0597. The van der Waals surface area contributed by atoms with Crippen molar-refractivity contribution in [1.29, 1.82) is 0 Å². The molecular weight excluding hydrogens is 406 g/mol. The number of hydrogen-bond acceptors (Lipinski definition) is 5. The predicted molar refractivity (Wildman–Crippen MR) is 131 cm³/mol. The number of nitrogens with zero attached hydrogens (tertiary/aromatic N) is 1. The van der Waals surface area contributed by atoms with Crippen molar-refractivity contribution in [2.75, 3.05) is 25.7 Å². The van der Waals surface area contributed by atoms with Crippen LogP contribution in [0.3, 0.4) is 0 Å². The van der Waals surface area contributed by atoms with Crippen molar-refractivity contribution in [3.05, 3.63) is 39.8 Å². The molecule has 0 aliphatic heterocycles. The Morgan fingerprint density at radius 2 is 1.77 bits per heavy atom. The zero-order valence-corrected chi connectivity index (χ0v) is 21.3.